The molecule has 0 fully saturated rings. The number of aliphatic carboxylic acids is 1. The van der Waals surface area contributed by atoms with Gasteiger partial charge in [0.05, 0.1) is 0 Å². The summed E-state index contributed by atoms with van der Waals surface area (Å²) >= 11 is 0. The normalized spacial score (nSPS) is 13.5. The maximum absolute atomic E-state index is 11.8. The van der Waals surface area contributed by atoms with Gasteiger partial charge in [-0.1, -0.05) is 37.3 Å². The maximum atomic E-state index is 11.8. The predicted molar refractivity (Wildman–Crippen MR) is 77.2 cm³/mol. The highest BCUT2D eigenvalue weighted by Crippen LogP contribution is 2.07. The van der Waals surface area contributed by atoms with Crippen LogP contribution in [0.25, 0.3) is 0 Å². The van der Waals surface area contributed by atoms with Crippen molar-refractivity contribution in [1.29, 1.82) is 0 Å². The lowest BCUT2D eigenvalue weighted by atomic mass is 10.0. The summed E-state index contributed by atoms with van der Waals surface area (Å²) in [7, 11) is 0. The molecule has 1 aromatic carbocycles. The monoisotopic (exact) mass is 278 g/mol. The predicted octanol–water partition coefficient (Wildman–Crippen LogP) is 1.17. The van der Waals surface area contributed by atoms with E-state index < -0.39 is 12.0 Å². The Kier molecular flexibility index (Phi) is 6.73. The van der Waals surface area contributed by atoms with Crippen molar-refractivity contribution in [2.24, 2.45) is 11.7 Å². The highest BCUT2D eigenvalue weighted by Gasteiger charge is 2.22. The summed E-state index contributed by atoms with van der Waals surface area (Å²) in [5.41, 5.74) is 6.45. The van der Waals surface area contributed by atoms with Crippen molar-refractivity contribution < 1.29 is 14.7 Å². The van der Waals surface area contributed by atoms with Crippen molar-refractivity contribution in [2.75, 3.05) is 6.54 Å². The zero-order valence-corrected chi connectivity index (χ0v) is 11.7. The van der Waals surface area contributed by atoms with Crippen molar-refractivity contribution in [3.8, 4) is 0 Å². The molecule has 1 amide bonds. The number of carboxylic acids is 1. The first-order chi connectivity index (χ1) is 9.54. The van der Waals surface area contributed by atoms with E-state index in [0.717, 1.165) is 5.56 Å². The van der Waals surface area contributed by atoms with Crippen molar-refractivity contribution in [2.45, 2.75) is 32.2 Å². The number of aryl methyl sites for hydroxylation is 1. The molecule has 1 unspecified atom stereocenters. The Labute approximate surface area is 119 Å². The molecular formula is C15H22N2O3. The quantitative estimate of drug-likeness (QED) is 0.665. The molecule has 0 aromatic heterocycles. The molecule has 4 N–H and O–H groups in total. The SMILES string of the molecule is CC(CCN)C(=O)N[C@@H](CCc1ccccc1)C(=O)O. The van der Waals surface area contributed by atoms with E-state index in [4.69, 9.17) is 5.73 Å². The number of nitrogens with one attached hydrogen (secondary N) is 1. The van der Waals surface area contributed by atoms with Gasteiger partial charge in [-0.25, -0.2) is 4.79 Å². The zero-order chi connectivity index (χ0) is 15.0. The summed E-state index contributed by atoms with van der Waals surface area (Å²) in [6.45, 7) is 2.16. The van der Waals surface area contributed by atoms with Crippen LogP contribution >= 0.6 is 0 Å². The van der Waals surface area contributed by atoms with Gasteiger partial charge in [0.1, 0.15) is 6.04 Å². The fourth-order valence-corrected chi connectivity index (χ4v) is 1.91. The molecule has 5 nitrogen and oxygen atoms in total. The lowest BCUT2D eigenvalue weighted by Crippen LogP contribution is -2.43. The standard InChI is InChI=1S/C15H22N2O3/c1-11(9-10-16)14(18)17-13(15(19)20)8-7-12-5-3-2-4-6-12/h2-6,11,13H,7-10,16H2,1H3,(H,17,18)(H,19,20)/t11?,13-/m0/s1. The summed E-state index contributed by atoms with van der Waals surface area (Å²) in [5, 5.41) is 11.7. The van der Waals surface area contributed by atoms with Gasteiger partial charge < -0.3 is 16.2 Å². The van der Waals surface area contributed by atoms with Gasteiger partial charge in [0.2, 0.25) is 5.91 Å². The third-order valence-corrected chi connectivity index (χ3v) is 3.23. The van der Waals surface area contributed by atoms with Crippen LogP contribution < -0.4 is 11.1 Å². The van der Waals surface area contributed by atoms with Crippen LogP contribution in [-0.2, 0) is 16.0 Å². The first-order valence-corrected chi connectivity index (χ1v) is 6.81. The number of carboxylic acid groups (broad SMARTS) is 1. The van der Waals surface area contributed by atoms with Crippen molar-refractivity contribution in [3.05, 3.63) is 35.9 Å². The van der Waals surface area contributed by atoms with Crippen molar-refractivity contribution in [1.82, 2.24) is 5.32 Å². The molecule has 0 bridgehead atoms. The summed E-state index contributed by atoms with van der Waals surface area (Å²) in [5.74, 6) is -1.52. The summed E-state index contributed by atoms with van der Waals surface area (Å²) in [6.07, 6.45) is 1.54. The zero-order valence-electron chi connectivity index (χ0n) is 11.7. The number of nitrogens with two attached hydrogens (primary N) is 1. The molecule has 0 radical (unpaired) electrons. The van der Waals surface area contributed by atoms with Crippen LogP contribution in [-0.4, -0.2) is 29.6 Å². The minimum Gasteiger partial charge on any atom is -0.480 e. The number of benzene rings is 1. The van der Waals surface area contributed by atoms with E-state index in [1.54, 1.807) is 6.92 Å². The molecule has 0 spiro atoms. The van der Waals surface area contributed by atoms with Crippen LogP contribution in [0.2, 0.25) is 0 Å². The average Bonchev–Trinajstić information content (AvgIpc) is 2.44. The first-order valence-electron chi connectivity index (χ1n) is 6.81. The van der Waals surface area contributed by atoms with E-state index in [9.17, 15) is 14.7 Å². The molecule has 1 rings (SSSR count). The largest absolute Gasteiger partial charge is 0.480 e. The van der Waals surface area contributed by atoms with E-state index in [0.29, 0.717) is 25.8 Å². The molecule has 0 saturated carbocycles. The Morgan fingerprint density at radius 3 is 2.45 bits per heavy atom. The Bertz CT molecular complexity index is 434. The first kappa shape index (κ1) is 16.2. The molecule has 0 heterocycles. The highest BCUT2D eigenvalue weighted by atomic mass is 16.4. The Morgan fingerprint density at radius 1 is 1.25 bits per heavy atom. The molecule has 1 aromatic rings. The lowest BCUT2D eigenvalue weighted by molar-refractivity contribution is -0.142. The van der Waals surface area contributed by atoms with Crippen LogP contribution in [0, 0.1) is 5.92 Å². The molecule has 0 aliphatic rings. The van der Waals surface area contributed by atoms with Crippen LogP contribution in [0.5, 0.6) is 0 Å². The van der Waals surface area contributed by atoms with Crippen molar-refractivity contribution >= 4 is 11.9 Å². The van der Waals surface area contributed by atoms with E-state index >= 15 is 0 Å². The second-order valence-corrected chi connectivity index (χ2v) is 4.90. The van der Waals surface area contributed by atoms with Crippen LogP contribution in [0.15, 0.2) is 30.3 Å². The number of hydrogen-bond acceptors (Lipinski definition) is 3. The second kappa shape index (κ2) is 8.32. The third-order valence-electron chi connectivity index (χ3n) is 3.23. The Hall–Kier alpha value is -1.88. The van der Waals surface area contributed by atoms with Crippen LogP contribution in [0.4, 0.5) is 0 Å². The maximum Gasteiger partial charge on any atom is 0.326 e. The second-order valence-electron chi connectivity index (χ2n) is 4.90. The molecule has 20 heavy (non-hydrogen) atoms. The molecule has 0 aliphatic carbocycles. The topological polar surface area (TPSA) is 92.4 Å². The number of carbonyl (C=O) groups excluding carboxylic acids is 1. The number of carbonyl (C=O) groups is 2. The molecule has 2 atom stereocenters. The minimum atomic E-state index is -1.01. The van der Waals surface area contributed by atoms with Crippen molar-refractivity contribution in [3.63, 3.8) is 0 Å². The highest BCUT2D eigenvalue weighted by molar-refractivity contribution is 5.84. The van der Waals surface area contributed by atoms with Gasteiger partial charge in [-0.15, -0.1) is 0 Å². The molecule has 5 heteroatoms. The third kappa shape index (κ3) is 5.40. The lowest BCUT2D eigenvalue weighted by Gasteiger charge is -2.17. The molecular weight excluding hydrogens is 256 g/mol. The fourth-order valence-electron chi connectivity index (χ4n) is 1.91. The number of amides is 1. The smallest absolute Gasteiger partial charge is 0.326 e. The van der Waals surface area contributed by atoms with Crippen LogP contribution in [0.3, 0.4) is 0 Å². The van der Waals surface area contributed by atoms with Gasteiger partial charge in [-0.2, -0.15) is 0 Å². The van der Waals surface area contributed by atoms with Gasteiger partial charge in [0, 0.05) is 5.92 Å². The summed E-state index contributed by atoms with van der Waals surface area (Å²) in [6, 6.07) is 8.76. The summed E-state index contributed by atoms with van der Waals surface area (Å²) < 4.78 is 0. The van der Waals surface area contributed by atoms with Gasteiger partial charge in [-0.05, 0) is 31.4 Å². The molecule has 0 saturated heterocycles. The van der Waals surface area contributed by atoms with E-state index in [1.807, 2.05) is 30.3 Å². The number of hydrogen-bond donors (Lipinski definition) is 3. The van der Waals surface area contributed by atoms with E-state index in [-0.39, 0.29) is 11.8 Å². The van der Waals surface area contributed by atoms with Gasteiger partial charge in [-0.3, -0.25) is 4.79 Å². The average molecular weight is 278 g/mol. The van der Waals surface area contributed by atoms with E-state index in [2.05, 4.69) is 5.32 Å². The fraction of sp³-hybridized carbons (Fsp3) is 0.467. The van der Waals surface area contributed by atoms with Gasteiger partial charge >= 0.3 is 5.97 Å². The minimum absolute atomic E-state index is 0.254. The Balaban J connectivity index is 2.52. The van der Waals surface area contributed by atoms with Crippen LogP contribution in [0.1, 0.15) is 25.3 Å². The molecule has 0 aliphatic heterocycles. The molecule has 110 valence electrons. The summed E-state index contributed by atoms with van der Waals surface area (Å²) in [4.78, 5) is 23.0. The van der Waals surface area contributed by atoms with Gasteiger partial charge in [0.15, 0.2) is 0 Å². The number of rotatable bonds is 8. The van der Waals surface area contributed by atoms with Gasteiger partial charge in [0.25, 0.3) is 0 Å². The van der Waals surface area contributed by atoms with E-state index in [1.165, 1.54) is 0 Å². The Morgan fingerprint density at radius 2 is 1.90 bits per heavy atom.